The van der Waals surface area contributed by atoms with Gasteiger partial charge in [-0.2, -0.15) is 0 Å². The van der Waals surface area contributed by atoms with Crippen LogP contribution in [0, 0.1) is 64.7 Å². The minimum atomic E-state index is -1.19. The molecule has 17 heteroatoms. The minimum absolute atomic E-state index is 0. The molecule has 0 aromatic carbocycles. The molecule has 0 atom stereocenters. The zero-order valence-electron chi connectivity index (χ0n) is 85.7. The van der Waals surface area contributed by atoms with Gasteiger partial charge in [0, 0.05) is 163 Å². The molecule has 4 aliphatic heterocycles. The molecule has 5 fully saturated rings. The van der Waals surface area contributed by atoms with Gasteiger partial charge in [-0.05, 0) is 157 Å². The summed E-state index contributed by atoms with van der Waals surface area (Å²) in [5, 5.41) is 16.9. The fourth-order valence-corrected chi connectivity index (χ4v) is 13.6. The molecule has 5 rings (SSSR count). The van der Waals surface area contributed by atoms with Crippen molar-refractivity contribution in [3.63, 3.8) is 0 Å². The quantitative estimate of drug-likeness (QED) is 0.0258. The first-order chi connectivity index (χ1) is 58.6. The van der Waals surface area contributed by atoms with Crippen molar-refractivity contribution in [1.29, 1.82) is 0 Å². The van der Waals surface area contributed by atoms with E-state index in [4.69, 9.17) is 19.7 Å². The van der Waals surface area contributed by atoms with E-state index in [1.165, 1.54) is 93.6 Å². The number of carboxylic acids is 1. The summed E-state index contributed by atoms with van der Waals surface area (Å²) in [6.07, 6.45) is 41.9. The molecular formula is C109H199N9O7Si. The fraction of sp³-hybridized carbons (Fsp3) is 0.679. The van der Waals surface area contributed by atoms with Gasteiger partial charge in [0.05, 0.1) is 33.0 Å². The van der Waals surface area contributed by atoms with Crippen molar-refractivity contribution < 1.29 is 34.1 Å². The number of rotatable bonds is 45. The maximum absolute atomic E-state index is 11.1. The lowest BCUT2D eigenvalue weighted by atomic mass is 10.0. The van der Waals surface area contributed by atoms with E-state index in [-0.39, 0.29) is 32.1 Å². The highest BCUT2D eigenvalue weighted by molar-refractivity contribution is 6.83. The average Bonchev–Trinajstić information content (AvgIpc) is 1.70. The number of carbonyl (C=O) groups is 3. The van der Waals surface area contributed by atoms with Crippen LogP contribution in [0.15, 0.2) is 183 Å². The molecule has 726 valence electrons. The van der Waals surface area contributed by atoms with Crippen LogP contribution < -0.4 is 0 Å². The third-order valence-corrected chi connectivity index (χ3v) is 20.1. The maximum Gasteiger partial charge on any atom is 0.317 e. The number of methoxy groups -OCH3 is 1. The second-order valence-corrected chi connectivity index (χ2v) is 44.4. The van der Waals surface area contributed by atoms with Gasteiger partial charge < -0.3 is 29.5 Å². The molecule has 4 saturated heterocycles. The molecule has 0 bridgehead atoms. The van der Waals surface area contributed by atoms with E-state index in [2.05, 4.69) is 284 Å². The highest BCUT2D eigenvalue weighted by Crippen LogP contribution is 2.27. The van der Waals surface area contributed by atoms with Crippen LogP contribution in [0.2, 0.25) is 19.6 Å². The Morgan fingerprint density at radius 3 is 1.07 bits per heavy atom. The Hall–Kier alpha value is -5.79. The van der Waals surface area contributed by atoms with Gasteiger partial charge in [0.15, 0.2) is 11.6 Å². The number of aliphatic hydroxyl groups is 1. The van der Waals surface area contributed by atoms with Gasteiger partial charge in [-0.3, -0.25) is 48.7 Å². The number of likely N-dealkylation sites (N-methyl/N-ethyl adjacent to an activating group) is 3. The Labute approximate surface area is 780 Å². The van der Waals surface area contributed by atoms with E-state index < -0.39 is 14.0 Å². The molecule has 4 heterocycles. The number of piperazine rings is 3. The lowest BCUT2D eigenvalue weighted by Crippen LogP contribution is -2.47. The molecule has 16 nitrogen and oxygen atoms in total. The predicted molar refractivity (Wildman–Crippen MR) is 559 cm³/mol. The number of carbonyl (C=O) groups excluding carboxylic acids is 2. The molecule has 5 aliphatic rings. The van der Waals surface area contributed by atoms with E-state index >= 15 is 0 Å². The molecule has 0 aromatic heterocycles. The summed E-state index contributed by atoms with van der Waals surface area (Å²) in [7, 11) is 8.52. The molecule has 0 amide bonds. The number of aliphatic hydroxyl groups excluding tert-OH is 1. The van der Waals surface area contributed by atoms with E-state index in [9.17, 15) is 14.4 Å². The summed E-state index contributed by atoms with van der Waals surface area (Å²) in [5.41, 5.74) is 11.6. The highest BCUT2D eigenvalue weighted by atomic mass is 28.3. The SMILES string of the molecule is C.C=C(/C=C/CN(C)CC(=O)O)CC(C)C.C=C(/C=C/CN1CCN(C)CC1)CC(C)C.C=C(/C=C/CN1CCN(C2CC2)CC1)CC(C)C.C=C(/C=C/CN1CCN(CCOC)CC1)CC(C)C.C=C(/C=C/CN1CCOCC1)CC(C)C.C=C(/C=C/CO)CC(C)C.C=C(C#C[Si](C)(C)C)CC(C)C.C=CC(=O)CC(C)C.CC(C)CC(=O)/C=C/CN(C)C. The van der Waals surface area contributed by atoms with Gasteiger partial charge in [0.1, 0.15) is 8.07 Å². The summed E-state index contributed by atoms with van der Waals surface area (Å²) in [6.45, 7) is 103. The van der Waals surface area contributed by atoms with Crippen LogP contribution in [-0.2, 0) is 23.9 Å². The van der Waals surface area contributed by atoms with Gasteiger partial charge in [-0.15, -0.1) is 5.54 Å². The Morgan fingerprint density at radius 2 is 0.762 bits per heavy atom. The van der Waals surface area contributed by atoms with Crippen molar-refractivity contribution in [2.24, 2.45) is 53.3 Å². The van der Waals surface area contributed by atoms with Gasteiger partial charge in [0.2, 0.25) is 0 Å². The molecule has 0 radical (unpaired) electrons. The summed E-state index contributed by atoms with van der Waals surface area (Å²) in [5.74, 6) is 8.41. The summed E-state index contributed by atoms with van der Waals surface area (Å²) in [6, 6.07) is 0.938. The summed E-state index contributed by atoms with van der Waals surface area (Å²) >= 11 is 0. The molecule has 1 aliphatic carbocycles. The summed E-state index contributed by atoms with van der Waals surface area (Å²) < 4.78 is 10.4. The Kier molecular flexibility index (Phi) is 83.0. The van der Waals surface area contributed by atoms with Crippen molar-refractivity contribution in [3.05, 3.63) is 183 Å². The van der Waals surface area contributed by atoms with Crippen molar-refractivity contribution in [2.75, 3.05) is 206 Å². The zero-order valence-corrected chi connectivity index (χ0v) is 86.7. The van der Waals surface area contributed by atoms with Gasteiger partial charge in [0.25, 0.3) is 0 Å². The van der Waals surface area contributed by atoms with Gasteiger partial charge in [-0.1, -0.05) is 323 Å². The second kappa shape index (κ2) is 81.2. The highest BCUT2D eigenvalue weighted by Gasteiger charge is 2.31. The molecular weight excluding hydrogens is 1580 g/mol. The largest absolute Gasteiger partial charge is 0.480 e. The average molecular weight is 1780 g/mol. The van der Waals surface area contributed by atoms with Crippen molar-refractivity contribution >= 4 is 25.6 Å². The minimum Gasteiger partial charge on any atom is -0.480 e. The molecule has 0 aromatic rings. The number of aliphatic carboxylic acids is 1. The monoisotopic (exact) mass is 1770 g/mol. The first-order valence-corrected chi connectivity index (χ1v) is 51.0. The van der Waals surface area contributed by atoms with Crippen LogP contribution >= 0.6 is 0 Å². The van der Waals surface area contributed by atoms with Crippen molar-refractivity contribution in [2.45, 2.75) is 228 Å². The molecule has 0 unspecified atom stereocenters. The smallest absolute Gasteiger partial charge is 0.317 e. The Balaban J connectivity index is -0.000000440. The van der Waals surface area contributed by atoms with Crippen LogP contribution in [0.1, 0.15) is 203 Å². The topological polar surface area (TPSA) is 139 Å². The van der Waals surface area contributed by atoms with Crippen LogP contribution in [0.25, 0.3) is 0 Å². The number of ether oxygens (including phenoxy) is 2. The first kappa shape index (κ1) is 129. The van der Waals surface area contributed by atoms with Crippen LogP contribution in [0.3, 0.4) is 0 Å². The third kappa shape index (κ3) is 94.3. The lowest BCUT2D eigenvalue weighted by molar-refractivity contribution is -0.137. The van der Waals surface area contributed by atoms with Gasteiger partial charge >= 0.3 is 5.97 Å². The van der Waals surface area contributed by atoms with Crippen LogP contribution in [-0.4, -0.2) is 292 Å². The number of carboxylic acid groups (broad SMARTS) is 1. The molecule has 0 spiro atoms. The molecule has 126 heavy (non-hydrogen) atoms. The van der Waals surface area contributed by atoms with Crippen molar-refractivity contribution in [3.8, 4) is 11.5 Å². The number of hydrogen-bond acceptors (Lipinski definition) is 15. The number of nitrogens with zero attached hydrogens (tertiary/aromatic N) is 9. The second-order valence-electron chi connectivity index (χ2n) is 39.6. The standard InChI is InChI=1S/C16H30N2O.C16H28N2.C14H26N2.C13H23NO.C12H21NO2.C11H20Si.C10H19NO.C9H16O.C7H12O.CH4/c1-15(2)14-16(3)6-5-7-17-8-10-18(11-9-17)12-13-19-4;1-14(2)13-15(3)5-4-8-17-9-11-18(12-10-17)16-6-7-16;1-13(2)12-14(3)6-5-7-16-10-8-15(4)9-11-16;1-12(2)11-13(3)5-4-6-14-7-9-15-10-8-14;1-10(2)8-11(3)6-5-7-13(4)9-12(14)15;1-10(2)9-11(3)7-8-12(4,5)6;1-9(2)8-10(12)6-5-7-11(3)4;1-8(2)7-9(3)5-4-6-10;1-4-7(8)5-6(2)3;/h5-6,15H,3,7-14H2,1-2,4H3;4-5,14,16H,3,6-13H2,1-2H3;5-6,13H,3,7-12H2,1-2,4H3;4-5,12H,3,6-11H2,1-2H3;5-6,10H,3,7-9H2,1-2,4H3,(H,14,15);10H,3,9H2,1-2,4-6H3;5-6,9H,7-8H2,1-4H3;4-5,8,10H,3,6-7H2,1-2H3;4,6H,1,5H2,2-3H3;1H4/b6-5+;5-4+;6-5+;5-4+;6-5+;;6-5+;5-4+;;. The van der Waals surface area contributed by atoms with E-state index in [0.717, 1.165) is 166 Å². The lowest BCUT2D eigenvalue weighted by Gasteiger charge is -2.34. The Morgan fingerprint density at radius 1 is 0.444 bits per heavy atom. The predicted octanol–water partition coefficient (Wildman–Crippen LogP) is 22.1. The number of allylic oxidation sites excluding steroid dienone is 15. The number of morpholine rings is 1. The van der Waals surface area contributed by atoms with E-state index in [0.29, 0.717) is 72.6 Å². The van der Waals surface area contributed by atoms with Crippen molar-refractivity contribution in [1.82, 2.24) is 44.1 Å². The normalized spacial score (nSPS) is 15.9. The zero-order chi connectivity index (χ0) is 95.8. The number of hydrogen-bond donors (Lipinski definition) is 2. The Bertz CT molecular complexity index is 3170. The van der Waals surface area contributed by atoms with Crippen LogP contribution in [0.4, 0.5) is 0 Å². The fourth-order valence-electron chi connectivity index (χ4n) is 13.1. The molecule has 2 N–H and O–H groups in total. The van der Waals surface area contributed by atoms with Crippen LogP contribution in [0.5, 0.6) is 0 Å². The van der Waals surface area contributed by atoms with E-state index in [1.807, 2.05) is 57.1 Å². The summed E-state index contributed by atoms with van der Waals surface area (Å²) in [4.78, 5) is 53.3. The third-order valence-electron chi connectivity index (χ3n) is 19.3. The van der Waals surface area contributed by atoms with E-state index in [1.54, 1.807) is 31.2 Å². The first-order valence-electron chi connectivity index (χ1n) is 47.5. The maximum atomic E-state index is 11.1. The number of ketones is 2. The molecule has 1 saturated carbocycles. The van der Waals surface area contributed by atoms with Gasteiger partial charge in [-0.25, -0.2) is 0 Å².